The number of anilines is 1. The van der Waals surface area contributed by atoms with Crippen LogP contribution in [0.15, 0.2) is 54.6 Å². The van der Waals surface area contributed by atoms with Crippen LogP contribution in [0.2, 0.25) is 0 Å². The van der Waals surface area contributed by atoms with Crippen molar-refractivity contribution in [3.05, 3.63) is 65.7 Å². The highest BCUT2D eigenvalue weighted by Crippen LogP contribution is 2.32. The Balaban J connectivity index is 2.15. The van der Waals surface area contributed by atoms with E-state index in [0.29, 0.717) is 11.3 Å². The number of carbonyl (C=O) groups excluding carboxylic acids is 1. The van der Waals surface area contributed by atoms with Gasteiger partial charge in [0.15, 0.2) is 6.04 Å². The predicted molar refractivity (Wildman–Crippen MR) is 84.5 cm³/mol. The van der Waals surface area contributed by atoms with Gasteiger partial charge in [0.1, 0.15) is 0 Å². The summed E-state index contributed by atoms with van der Waals surface area (Å²) >= 11 is 0. The summed E-state index contributed by atoms with van der Waals surface area (Å²) in [4.78, 5) is 12.0. The van der Waals surface area contributed by atoms with Crippen LogP contribution >= 0.6 is 0 Å². The number of hydrogen-bond donors (Lipinski definition) is 2. The Labute approximate surface area is 137 Å². The van der Waals surface area contributed by atoms with E-state index in [0.717, 1.165) is 0 Å². The molecule has 0 heterocycles. The maximum absolute atomic E-state index is 13.2. The van der Waals surface area contributed by atoms with Gasteiger partial charge in [-0.1, -0.05) is 48.5 Å². The minimum absolute atomic E-state index is 0.0367. The number of nitrogens with one attached hydrogen (secondary N) is 2. The first-order chi connectivity index (χ1) is 11.4. The normalized spacial score (nSPS) is 12.5. The molecule has 24 heavy (non-hydrogen) atoms. The number of para-hydroxylation sites is 1. The van der Waals surface area contributed by atoms with Crippen molar-refractivity contribution in [3.63, 3.8) is 0 Å². The van der Waals surface area contributed by atoms with Crippen LogP contribution in [0.3, 0.4) is 0 Å². The quantitative estimate of drug-likeness (QED) is 0.856. The van der Waals surface area contributed by atoms with Crippen molar-refractivity contribution in [1.82, 2.24) is 5.32 Å². The Kier molecular flexibility index (Phi) is 5.81. The Morgan fingerprint density at radius 2 is 1.71 bits per heavy atom. The molecule has 0 spiro atoms. The summed E-state index contributed by atoms with van der Waals surface area (Å²) in [5.74, 6) is 0. The molecule has 2 aromatic rings. The molecule has 7 heteroatoms. The third-order valence-electron chi connectivity index (χ3n) is 3.30. The summed E-state index contributed by atoms with van der Waals surface area (Å²) in [6.45, 7) is 0.234. The standard InChI is InChI=1S/C17H17F3N2O2/c1-24-11-13-9-5-6-10-14(13)21-16(23)22-15(17(18,19)20)12-7-3-2-4-8-12/h2-10,15H,11H2,1H3,(H2,21,22,23). The molecule has 0 fully saturated rings. The van der Waals surface area contributed by atoms with Crippen LogP contribution in [0.1, 0.15) is 17.2 Å². The third kappa shape index (κ3) is 4.73. The Morgan fingerprint density at radius 1 is 1.08 bits per heavy atom. The molecule has 0 saturated carbocycles. The molecule has 4 nitrogen and oxygen atoms in total. The first-order valence-electron chi connectivity index (χ1n) is 7.18. The average molecular weight is 338 g/mol. The van der Waals surface area contributed by atoms with Crippen LogP contribution in [-0.2, 0) is 11.3 Å². The van der Waals surface area contributed by atoms with Crippen LogP contribution < -0.4 is 10.6 Å². The summed E-state index contributed by atoms with van der Waals surface area (Å²) in [6, 6.07) is 10.9. The van der Waals surface area contributed by atoms with Gasteiger partial charge in [0.2, 0.25) is 0 Å². The van der Waals surface area contributed by atoms with Crippen LogP contribution in [0.25, 0.3) is 0 Å². The van der Waals surface area contributed by atoms with Crippen molar-refractivity contribution < 1.29 is 22.7 Å². The maximum Gasteiger partial charge on any atom is 0.412 e. The highest BCUT2D eigenvalue weighted by Gasteiger charge is 2.41. The zero-order valence-electron chi connectivity index (χ0n) is 12.9. The lowest BCUT2D eigenvalue weighted by Gasteiger charge is -2.22. The maximum atomic E-state index is 13.2. The van der Waals surface area contributed by atoms with E-state index in [1.165, 1.54) is 31.4 Å². The van der Waals surface area contributed by atoms with Crippen molar-refractivity contribution in [2.75, 3.05) is 12.4 Å². The van der Waals surface area contributed by atoms with Crippen molar-refractivity contribution >= 4 is 11.7 Å². The van der Waals surface area contributed by atoms with Crippen molar-refractivity contribution in [2.45, 2.75) is 18.8 Å². The third-order valence-corrected chi connectivity index (χ3v) is 3.30. The lowest BCUT2D eigenvalue weighted by atomic mass is 10.1. The van der Waals surface area contributed by atoms with Gasteiger partial charge < -0.3 is 15.4 Å². The number of alkyl halides is 3. The average Bonchev–Trinajstić information content (AvgIpc) is 2.54. The Hall–Kier alpha value is -2.54. The van der Waals surface area contributed by atoms with E-state index in [-0.39, 0.29) is 12.2 Å². The topological polar surface area (TPSA) is 50.4 Å². The van der Waals surface area contributed by atoms with Gasteiger partial charge >= 0.3 is 12.2 Å². The molecular weight excluding hydrogens is 321 g/mol. The van der Waals surface area contributed by atoms with Gasteiger partial charge in [-0.05, 0) is 11.6 Å². The van der Waals surface area contributed by atoms with Crippen molar-refractivity contribution in [2.24, 2.45) is 0 Å². The molecule has 0 aliphatic heterocycles. The second-order valence-electron chi connectivity index (χ2n) is 5.07. The molecule has 2 aromatic carbocycles. The Morgan fingerprint density at radius 3 is 2.33 bits per heavy atom. The summed E-state index contributed by atoms with van der Waals surface area (Å²) in [6.07, 6.45) is -4.61. The molecular formula is C17H17F3N2O2. The van der Waals surface area contributed by atoms with E-state index >= 15 is 0 Å². The van der Waals surface area contributed by atoms with E-state index in [4.69, 9.17) is 4.74 Å². The molecule has 0 radical (unpaired) electrons. The fraction of sp³-hybridized carbons (Fsp3) is 0.235. The lowest BCUT2D eigenvalue weighted by molar-refractivity contribution is -0.154. The molecule has 0 aliphatic carbocycles. The first-order valence-corrected chi connectivity index (χ1v) is 7.18. The highest BCUT2D eigenvalue weighted by molar-refractivity contribution is 5.90. The molecule has 0 bridgehead atoms. The zero-order valence-corrected chi connectivity index (χ0v) is 12.9. The van der Waals surface area contributed by atoms with Crippen LogP contribution in [0.5, 0.6) is 0 Å². The molecule has 0 saturated heterocycles. The summed E-state index contributed by atoms with van der Waals surface area (Å²) in [5.41, 5.74) is 1.02. The van der Waals surface area contributed by atoms with Crippen LogP contribution in [-0.4, -0.2) is 19.3 Å². The van der Waals surface area contributed by atoms with Gasteiger partial charge in [0.05, 0.1) is 6.61 Å². The fourth-order valence-electron chi connectivity index (χ4n) is 2.21. The largest absolute Gasteiger partial charge is 0.412 e. The van der Waals surface area contributed by atoms with E-state index < -0.39 is 18.2 Å². The molecule has 0 aromatic heterocycles. The van der Waals surface area contributed by atoms with Gasteiger partial charge in [-0.3, -0.25) is 0 Å². The monoisotopic (exact) mass is 338 g/mol. The van der Waals surface area contributed by atoms with Crippen LogP contribution in [0.4, 0.5) is 23.7 Å². The number of amides is 2. The predicted octanol–water partition coefficient (Wildman–Crippen LogP) is 4.26. The second kappa shape index (κ2) is 7.83. The summed E-state index contributed by atoms with van der Waals surface area (Å²) < 4.78 is 44.7. The number of hydrogen-bond acceptors (Lipinski definition) is 2. The molecule has 0 aliphatic rings. The van der Waals surface area contributed by atoms with E-state index in [1.54, 1.807) is 30.3 Å². The number of carbonyl (C=O) groups is 1. The number of urea groups is 1. The zero-order chi connectivity index (χ0) is 17.6. The first kappa shape index (κ1) is 17.8. The smallest absolute Gasteiger partial charge is 0.380 e. The number of methoxy groups -OCH3 is 1. The van der Waals surface area contributed by atoms with Crippen molar-refractivity contribution in [3.8, 4) is 0 Å². The molecule has 1 atom stereocenters. The minimum Gasteiger partial charge on any atom is -0.380 e. The molecule has 2 rings (SSSR count). The van der Waals surface area contributed by atoms with E-state index in [1.807, 2.05) is 5.32 Å². The van der Waals surface area contributed by atoms with Gasteiger partial charge in [-0.25, -0.2) is 4.79 Å². The summed E-state index contributed by atoms with van der Waals surface area (Å²) in [7, 11) is 1.49. The molecule has 1 unspecified atom stereocenters. The van der Waals surface area contributed by atoms with E-state index in [9.17, 15) is 18.0 Å². The second-order valence-corrected chi connectivity index (χ2v) is 5.07. The highest BCUT2D eigenvalue weighted by atomic mass is 19.4. The number of halogens is 3. The van der Waals surface area contributed by atoms with Gasteiger partial charge in [0.25, 0.3) is 0 Å². The SMILES string of the molecule is COCc1ccccc1NC(=O)NC(c1ccccc1)C(F)(F)F. The summed E-state index contributed by atoms with van der Waals surface area (Å²) in [5, 5.41) is 4.41. The van der Waals surface area contributed by atoms with Gasteiger partial charge in [0, 0.05) is 18.4 Å². The van der Waals surface area contributed by atoms with Crippen molar-refractivity contribution in [1.29, 1.82) is 0 Å². The van der Waals surface area contributed by atoms with Gasteiger partial charge in [-0.2, -0.15) is 13.2 Å². The van der Waals surface area contributed by atoms with Crippen LogP contribution in [0, 0.1) is 0 Å². The molecule has 128 valence electrons. The van der Waals surface area contributed by atoms with E-state index in [2.05, 4.69) is 5.32 Å². The molecule has 2 N–H and O–H groups in total. The molecule has 2 amide bonds. The number of ether oxygens (including phenoxy) is 1. The lowest BCUT2D eigenvalue weighted by Crippen LogP contribution is -2.40. The fourth-order valence-corrected chi connectivity index (χ4v) is 2.21. The Bertz CT molecular complexity index is 675. The number of benzene rings is 2. The van der Waals surface area contributed by atoms with Gasteiger partial charge in [-0.15, -0.1) is 0 Å². The minimum atomic E-state index is -4.61. The number of rotatable bonds is 5.